The molecule has 124 valence electrons. The first-order valence-electron chi connectivity index (χ1n) is 8.02. The van der Waals surface area contributed by atoms with Crippen LogP contribution < -0.4 is 0 Å². The van der Waals surface area contributed by atoms with Crippen LogP contribution in [0.25, 0.3) is 21.8 Å². The summed E-state index contributed by atoms with van der Waals surface area (Å²) in [4.78, 5) is 31.1. The average molecular weight is 332 g/mol. The Morgan fingerprint density at radius 2 is 1.72 bits per heavy atom. The van der Waals surface area contributed by atoms with Gasteiger partial charge in [-0.25, -0.2) is 4.79 Å². The molecular weight excluding hydrogens is 316 g/mol. The number of hydrogen-bond donors (Lipinski definition) is 2. The van der Waals surface area contributed by atoms with E-state index >= 15 is 0 Å². The Balaban J connectivity index is 1.55. The Morgan fingerprint density at radius 1 is 1.00 bits per heavy atom. The van der Waals surface area contributed by atoms with Crippen molar-refractivity contribution < 1.29 is 14.3 Å². The number of hydrogen-bond acceptors (Lipinski definition) is 3. The fraction of sp³-hybridized carbons (Fsp3) is 0.100. The number of ketones is 1. The standard InChI is InChI=1S/C20H16N2O3/c1-12(19(23)15-11-21-17-9-5-3-7-14(15)17)25-20(24)18-10-13-6-2-4-8-16(13)22-18/h2-12,21-22H,1H3/t12-/m0/s1. The molecule has 0 fully saturated rings. The van der Waals surface area contributed by atoms with Gasteiger partial charge in [-0.1, -0.05) is 36.4 Å². The fourth-order valence-corrected chi connectivity index (χ4v) is 2.96. The second-order valence-electron chi connectivity index (χ2n) is 5.93. The van der Waals surface area contributed by atoms with Gasteiger partial charge in [0.25, 0.3) is 0 Å². The van der Waals surface area contributed by atoms with Crippen LogP contribution in [-0.4, -0.2) is 27.8 Å². The van der Waals surface area contributed by atoms with Crippen LogP contribution in [0, 0.1) is 0 Å². The Hall–Kier alpha value is -3.34. The van der Waals surface area contributed by atoms with Crippen molar-refractivity contribution in [1.82, 2.24) is 9.97 Å². The number of ether oxygens (including phenoxy) is 1. The number of H-pyrrole nitrogens is 2. The highest BCUT2D eigenvalue weighted by Crippen LogP contribution is 2.21. The molecule has 0 aliphatic carbocycles. The smallest absolute Gasteiger partial charge is 0.355 e. The molecule has 2 heterocycles. The van der Waals surface area contributed by atoms with Crippen LogP contribution in [0.2, 0.25) is 0 Å². The van der Waals surface area contributed by atoms with Gasteiger partial charge in [0.05, 0.1) is 0 Å². The van der Waals surface area contributed by atoms with E-state index in [0.717, 1.165) is 21.8 Å². The van der Waals surface area contributed by atoms with Crippen LogP contribution in [-0.2, 0) is 4.74 Å². The molecule has 5 nitrogen and oxygen atoms in total. The zero-order chi connectivity index (χ0) is 17.4. The highest BCUT2D eigenvalue weighted by molar-refractivity contribution is 6.10. The first kappa shape index (κ1) is 15.2. The summed E-state index contributed by atoms with van der Waals surface area (Å²) in [5, 5.41) is 1.74. The van der Waals surface area contributed by atoms with Crippen LogP contribution in [0.3, 0.4) is 0 Å². The van der Waals surface area contributed by atoms with Gasteiger partial charge in [-0.05, 0) is 25.1 Å². The van der Waals surface area contributed by atoms with Crippen LogP contribution in [0.4, 0.5) is 0 Å². The lowest BCUT2D eigenvalue weighted by atomic mass is 10.1. The number of nitrogens with one attached hydrogen (secondary N) is 2. The van der Waals surface area contributed by atoms with Gasteiger partial charge in [-0.3, -0.25) is 4.79 Å². The molecule has 0 spiro atoms. The topological polar surface area (TPSA) is 75.0 Å². The molecule has 0 saturated carbocycles. The number of aromatic nitrogens is 2. The van der Waals surface area contributed by atoms with E-state index < -0.39 is 12.1 Å². The lowest BCUT2D eigenvalue weighted by Crippen LogP contribution is -2.24. The maximum Gasteiger partial charge on any atom is 0.355 e. The minimum Gasteiger partial charge on any atom is -0.450 e. The molecule has 0 bridgehead atoms. The number of fused-ring (bicyclic) bond motifs is 2. The number of para-hydroxylation sites is 2. The number of benzene rings is 2. The summed E-state index contributed by atoms with van der Waals surface area (Å²) in [5.74, 6) is -0.779. The monoisotopic (exact) mass is 332 g/mol. The van der Waals surface area contributed by atoms with Gasteiger partial charge in [-0.15, -0.1) is 0 Å². The molecule has 0 unspecified atom stereocenters. The van der Waals surface area contributed by atoms with Crippen LogP contribution >= 0.6 is 0 Å². The molecule has 0 radical (unpaired) electrons. The molecule has 2 aromatic carbocycles. The van der Waals surface area contributed by atoms with Crippen molar-refractivity contribution in [2.45, 2.75) is 13.0 Å². The first-order chi connectivity index (χ1) is 12.1. The molecule has 4 aromatic rings. The van der Waals surface area contributed by atoms with Gasteiger partial charge in [0.2, 0.25) is 5.78 Å². The van der Waals surface area contributed by atoms with Crippen molar-refractivity contribution in [3.8, 4) is 0 Å². The van der Waals surface area contributed by atoms with Gasteiger partial charge in [-0.2, -0.15) is 0 Å². The van der Waals surface area contributed by atoms with Gasteiger partial charge in [0.15, 0.2) is 6.10 Å². The van der Waals surface area contributed by atoms with E-state index in [9.17, 15) is 9.59 Å². The number of rotatable bonds is 4. The summed E-state index contributed by atoms with van der Waals surface area (Å²) in [6.07, 6.45) is 0.776. The molecule has 0 saturated heterocycles. The molecule has 0 aliphatic rings. The SMILES string of the molecule is C[C@H](OC(=O)c1cc2ccccc2[nH]1)C(=O)c1c[nH]c2ccccc12. The number of carbonyl (C=O) groups excluding carboxylic acids is 2. The second kappa shape index (κ2) is 5.94. The number of Topliss-reactive ketones (excluding diaryl/α,β-unsaturated/α-hetero) is 1. The summed E-state index contributed by atoms with van der Waals surface area (Å²) >= 11 is 0. The first-order valence-corrected chi connectivity index (χ1v) is 8.02. The third-order valence-electron chi connectivity index (χ3n) is 4.26. The lowest BCUT2D eigenvalue weighted by Gasteiger charge is -2.11. The number of carbonyl (C=O) groups is 2. The van der Waals surface area contributed by atoms with Crippen LogP contribution in [0.15, 0.2) is 60.8 Å². The average Bonchev–Trinajstić information content (AvgIpc) is 3.25. The van der Waals surface area contributed by atoms with Gasteiger partial charge < -0.3 is 14.7 Å². The summed E-state index contributed by atoms with van der Waals surface area (Å²) in [7, 11) is 0. The maximum atomic E-state index is 12.7. The lowest BCUT2D eigenvalue weighted by molar-refractivity contribution is 0.0314. The molecule has 1 atom stereocenters. The largest absolute Gasteiger partial charge is 0.450 e. The molecular formula is C20H16N2O3. The molecule has 5 heteroatoms. The minimum absolute atomic E-state index is 0.234. The fourth-order valence-electron chi connectivity index (χ4n) is 2.96. The highest BCUT2D eigenvalue weighted by atomic mass is 16.5. The van der Waals surface area contributed by atoms with E-state index in [1.54, 1.807) is 19.2 Å². The van der Waals surface area contributed by atoms with Crippen LogP contribution in [0.5, 0.6) is 0 Å². The normalized spacial score (nSPS) is 12.4. The van der Waals surface area contributed by atoms with Gasteiger partial charge in [0, 0.05) is 33.6 Å². The van der Waals surface area contributed by atoms with Crippen LogP contribution in [0.1, 0.15) is 27.8 Å². The van der Waals surface area contributed by atoms with E-state index in [1.165, 1.54) is 0 Å². The quantitative estimate of drug-likeness (QED) is 0.437. The Morgan fingerprint density at radius 3 is 2.52 bits per heavy atom. The number of esters is 1. The summed E-state index contributed by atoms with van der Waals surface area (Å²) in [6.45, 7) is 1.59. The Bertz CT molecular complexity index is 1060. The van der Waals surface area contributed by atoms with Crippen molar-refractivity contribution in [1.29, 1.82) is 0 Å². The molecule has 0 aliphatic heterocycles. The van der Waals surface area contributed by atoms with Crippen molar-refractivity contribution in [3.05, 3.63) is 72.1 Å². The third-order valence-corrected chi connectivity index (χ3v) is 4.26. The van der Waals surface area contributed by atoms with Gasteiger partial charge >= 0.3 is 5.97 Å². The molecule has 2 N–H and O–H groups in total. The van der Waals surface area contributed by atoms with E-state index in [2.05, 4.69) is 9.97 Å². The summed E-state index contributed by atoms with van der Waals surface area (Å²) in [6, 6.07) is 16.8. The van der Waals surface area contributed by atoms with Crippen molar-refractivity contribution >= 4 is 33.6 Å². The van der Waals surface area contributed by atoms with E-state index in [4.69, 9.17) is 4.74 Å². The maximum absolute atomic E-state index is 12.7. The Kier molecular flexibility index (Phi) is 3.61. The zero-order valence-corrected chi connectivity index (χ0v) is 13.6. The third kappa shape index (κ3) is 2.70. The molecule has 25 heavy (non-hydrogen) atoms. The zero-order valence-electron chi connectivity index (χ0n) is 13.6. The summed E-state index contributed by atoms with van der Waals surface area (Å²) < 4.78 is 5.37. The second-order valence-corrected chi connectivity index (χ2v) is 5.93. The predicted molar refractivity (Wildman–Crippen MR) is 95.8 cm³/mol. The molecule has 4 rings (SSSR count). The predicted octanol–water partition coefficient (Wildman–Crippen LogP) is 4.08. The molecule has 0 amide bonds. The van der Waals surface area contributed by atoms with E-state index in [1.807, 2.05) is 48.5 Å². The van der Waals surface area contributed by atoms with E-state index in [0.29, 0.717) is 11.3 Å². The van der Waals surface area contributed by atoms with Crippen molar-refractivity contribution in [3.63, 3.8) is 0 Å². The van der Waals surface area contributed by atoms with E-state index in [-0.39, 0.29) is 5.78 Å². The van der Waals surface area contributed by atoms with Crippen molar-refractivity contribution in [2.75, 3.05) is 0 Å². The molecule has 2 aromatic heterocycles. The Labute approximate surface area is 143 Å². The minimum atomic E-state index is -0.877. The van der Waals surface area contributed by atoms with Crippen molar-refractivity contribution in [2.24, 2.45) is 0 Å². The number of aromatic amines is 2. The highest BCUT2D eigenvalue weighted by Gasteiger charge is 2.23. The summed E-state index contributed by atoms with van der Waals surface area (Å²) in [5.41, 5.74) is 2.58. The van der Waals surface area contributed by atoms with Gasteiger partial charge in [0.1, 0.15) is 5.69 Å².